The predicted octanol–water partition coefficient (Wildman–Crippen LogP) is -0.605. The summed E-state index contributed by atoms with van der Waals surface area (Å²) in [5.41, 5.74) is 0.385. The van der Waals surface area contributed by atoms with Crippen molar-refractivity contribution in [3.8, 4) is 0 Å². The van der Waals surface area contributed by atoms with Crippen LogP contribution in [0.4, 0.5) is 0 Å². The Morgan fingerprint density at radius 1 is 1.37 bits per heavy atom. The van der Waals surface area contributed by atoms with Gasteiger partial charge in [-0.15, -0.1) is 0 Å². The van der Waals surface area contributed by atoms with Gasteiger partial charge in [-0.3, -0.25) is 24.1 Å². The fourth-order valence-electron chi connectivity index (χ4n) is 2.95. The van der Waals surface area contributed by atoms with Gasteiger partial charge in [0.2, 0.25) is 5.91 Å². The Bertz CT molecular complexity index is 705. The van der Waals surface area contributed by atoms with E-state index in [-0.39, 0.29) is 42.5 Å². The lowest BCUT2D eigenvalue weighted by Gasteiger charge is -2.25. The van der Waals surface area contributed by atoms with Crippen LogP contribution in [0.3, 0.4) is 0 Å². The molecule has 1 aliphatic heterocycles. The van der Waals surface area contributed by atoms with E-state index in [1.54, 1.807) is 13.0 Å². The van der Waals surface area contributed by atoms with Crippen LogP contribution in [0.5, 0.6) is 0 Å². The minimum Gasteiger partial charge on any atom is -0.483 e. The van der Waals surface area contributed by atoms with Crippen molar-refractivity contribution in [1.29, 1.82) is 0 Å². The molecule has 1 aliphatic rings. The first-order valence-corrected chi connectivity index (χ1v) is 8.50. The van der Waals surface area contributed by atoms with Crippen molar-refractivity contribution in [1.82, 2.24) is 20.0 Å². The average molecular weight is 382 g/mol. The second kappa shape index (κ2) is 11.1. The summed E-state index contributed by atoms with van der Waals surface area (Å²) < 4.78 is 5.86. The molecule has 0 bridgehead atoms. The molecule has 2 heterocycles. The SMILES string of the molecule is COC(=O)C[C@H]1CC[C@@H](CNC(=O)Cn2nc(C)ccc2=O)N1C.O=CO. The Kier molecular flexibility index (Phi) is 9.14. The van der Waals surface area contributed by atoms with Gasteiger partial charge in [0.05, 0.1) is 19.2 Å². The van der Waals surface area contributed by atoms with Crippen molar-refractivity contribution in [2.45, 2.75) is 44.8 Å². The number of methoxy groups -OCH3 is 1. The highest BCUT2D eigenvalue weighted by Gasteiger charge is 2.32. The number of hydrogen-bond donors (Lipinski definition) is 2. The number of hydrogen-bond acceptors (Lipinski definition) is 7. The molecule has 2 rings (SSSR count). The smallest absolute Gasteiger partial charge is 0.307 e. The topological polar surface area (TPSA) is 131 Å². The standard InChI is InChI=1S/C16H24N4O4.CH2O2/c1-11-4-7-15(22)20(18-11)10-14(21)17-9-13-6-5-12(19(13)2)8-16(23)24-3;2-1-3/h4,7,12-13H,5-6,8-10H2,1-3H3,(H,17,21);1H,(H,2,3)/t12-,13+;/m1./s1. The van der Waals surface area contributed by atoms with E-state index < -0.39 is 0 Å². The molecule has 10 heteroatoms. The summed E-state index contributed by atoms with van der Waals surface area (Å²) >= 11 is 0. The maximum absolute atomic E-state index is 12.0. The number of carbonyl (C=O) groups excluding carboxylic acids is 2. The molecule has 27 heavy (non-hydrogen) atoms. The van der Waals surface area contributed by atoms with Gasteiger partial charge in [-0.1, -0.05) is 0 Å². The number of aryl methyl sites for hydroxylation is 1. The van der Waals surface area contributed by atoms with Crippen LogP contribution in [0.1, 0.15) is 25.0 Å². The van der Waals surface area contributed by atoms with Gasteiger partial charge in [0.25, 0.3) is 12.0 Å². The summed E-state index contributed by atoms with van der Waals surface area (Å²) in [4.78, 5) is 45.6. The summed E-state index contributed by atoms with van der Waals surface area (Å²) in [6.07, 6.45) is 2.16. The highest BCUT2D eigenvalue weighted by atomic mass is 16.5. The molecular weight excluding hydrogens is 356 g/mol. The Balaban J connectivity index is 0.00000114. The predicted molar refractivity (Wildman–Crippen MR) is 96.1 cm³/mol. The normalized spacial score (nSPS) is 18.9. The number of carbonyl (C=O) groups is 3. The molecule has 2 atom stereocenters. The monoisotopic (exact) mass is 382 g/mol. The third-order valence-electron chi connectivity index (χ3n) is 4.44. The molecule has 1 amide bonds. The number of nitrogens with zero attached hydrogens (tertiary/aromatic N) is 3. The highest BCUT2D eigenvalue weighted by molar-refractivity contribution is 5.75. The fourth-order valence-corrected chi connectivity index (χ4v) is 2.95. The second-order valence-electron chi connectivity index (χ2n) is 6.21. The van der Waals surface area contributed by atoms with E-state index in [0.29, 0.717) is 18.7 Å². The van der Waals surface area contributed by atoms with Crippen LogP contribution in [-0.4, -0.2) is 70.9 Å². The molecule has 1 fully saturated rings. The summed E-state index contributed by atoms with van der Waals surface area (Å²) in [5.74, 6) is -0.471. The summed E-state index contributed by atoms with van der Waals surface area (Å²) in [6, 6.07) is 3.33. The zero-order chi connectivity index (χ0) is 20.4. The highest BCUT2D eigenvalue weighted by Crippen LogP contribution is 2.24. The Hall–Kier alpha value is -2.75. The van der Waals surface area contributed by atoms with Gasteiger partial charge in [0.15, 0.2) is 0 Å². The molecule has 150 valence electrons. The lowest BCUT2D eigenvalue weighted by Crippen LogP contribution is -2.43. The number of rotatable bonds is 6. The van der Waals surface area contributed by atoms with E-state index in [1.807, 2.05) is 7.05 Å². The minimum absolute atomic E-state index is 0.0947. The van der Waals surface area contributed by atoms with Crippen molar-refractivity contribution in [2.24, 2.45) is 0 Å². The van der Waals surface area contributed by atoms with E-state index in [2.05, 4.69) is 15.3 Å². The van der Waals surface area contributed by atoms with Crippen LogP contribution in [0.15, 0.2) is 16.9 Å². The summed E-state index contributed by atoms with van der Waals surface area (Å²) in [7, 11) is 3.33. The van der Waals surface area contributed by atoms with Crippen molar-refractivity contribution in [3.63, 3.8) is 0 Å². The van der Waals surface area contributed by atoms with E-state index in [9.17, 15) is 14.4 Å². The molecule has 0 radical (unpaired) electrons. The summed E-state index contributed by atoms with van der Waals surface area (Å²) in [5, 5.41) is 13.8. The maximum Gasteiger partial charge on any atom is 0.307 e. The molecule has 0 aliphatic carbocycles. The lowest BCUT2D eigenvalue weighted by molar-refractivity contribution is -0.141. The van der Waals surface area contributed by atoms with Crippen LogP contribution in [0, 0.1) is 6.92 Å². The Morgan fingerprint density at radius 3 is 2.63 bits per heavy atom. The average Bonchev–Trinajstić information content (AvgIpc) is 2.97. The van der Waals surface area contributed by atoms with Crippen molar-refractivity contribution >= 4 is 18.3 Å². The number of aromatic nitrogens is 2. The van der Waals surface area contributed by atoms with Crippen molar-refractivity contribution in [2.75, 3.05) is 20.7 Å². The quantitative estimate of drug-likeness (QED) is 0.492. The van der Waals surface area contributed by atoms with Crippen molar-refractivity contribution < 1.29 is 24.2 Å². The van der Waals surface area contributed by atoms with E-state index >= 15 is 0 Å². The van der Waals surface area contributed by atoms with Crippen LogP contribution in [0.25, 0.3) is 0 Å². The zero-order valence-corrected chi connectivity index (χ0v) is 15.8. The molecule has 0 unspecified atom stereocenters. The van der Waals surface area contributed by atoms with Gasteiger partial charge in [0.1, 0.15) is 6.54 Å². The van der Waals surface area contributed by atoms with Crippen LogP contribution < -0.4 is 10.9 Å². The number of ether oxygens (including phenoxy) is 1. The molecule has 10 nitrogen and oxygen atoms in total. The number of esters is 1. The minimum atomic E-state index is -0.299. The molecule has 1 saturated heterocycles. The van der Waals surface area contributed by atoms with Crippen molar-refractivity contribution in [3.05, 3.63) is 28.2 Å². The van der Waals surface area contributed by atoms with Gasteiger partial charge in [-0.2, -0.15) is 5.10 Å². The van der Waals surface area contributed by atoms with Crippen LogP contribution >= 0.6 is 0 Å². The number of amides is 1. The Morgan fingerprint density at radius 2 is 2.00 bits per heavy atom. The molecule has 0 aromatic carbocycles. The molecule has 1 aromatic rings. The van der Waals surface area contributed by atoms with Gasteiger partial charge in [-0.05, 0) is 32.9 Å². The number of likely N-dealkylation sites (N-methyl/N-ethyl adjacent to an activating group) is 1. The first-order chi connectivity index (χ1) is 12.8. The first-order valence-electron chi connectivity index (χ1n) is 8.50. The van der Waals surface area contributed by atoms with Crippen LogP contribution in [0.2, 0.25) is 0 Å². The fraction of sp³-hybridized carbons (Fsp3) is 0.588. The van der Waals surface area contributed by atoms with Gasteiger partial charge in [-0.25, -0.2) is 4.68 Å². The van der Waals surface area contributed by atoms with E-state index in [0.717, 1.165) is 17.5 Å². The first kappa shape index (κ1) is 22.3. The largest absolute Gasteiger partial charge is 0.483 e. The van der Waals surface area contributed by atoms with Gasteiger partial charge >= 0.3 is 5.97 Å². The molecule has 1 aromatic heterocycles. The van der Waals surface area contributed by atoms with E-state index in [1.165, 1.54) is 13.2 Å². The molecule has 0 spiro atoms. The number of carboxylic acid groups (broad SMARTS) is 1. The van der Waals surface area contributed by atoms with Gasteiger partial charge in [0, 0.05) is 24.7 Å². The number of nitrogens with one attached hydrogen (secondary N) is 1. The second-order valence-corrected chi connectivity index (χ2v) is 6.21. The molecular formula is C17H26N4O6. The Labute approximate surface area is 157 Å². The molecule has 0 saturated carbocycles. The third-order valence-corrected chi connectivity index (χ3v) is 4.44. The van der Waals surface area contributed by atoms with Gasteiger partial charge < -0.3 is 15.2 Å². The molecule has 2 N–H and O–H groups in total. The summed E-state index contributed by atoms with van der Waals surface area (Å²) in [6.45, 7) is 1.90. The van der Waals surface area contributed by atoms with E-state index in [4.69, 9.17) is 14.6 Å². The zero-order valence-electron chi connectivity index (χ0n) is 15.8. The lowest BCUT2D eigenvalue weighted by atomic mass is 10.1. The maximum atomic E-state index is 12.0. The third kappa shape index (κ3) is 7.18. The van der Waals surface area contributed by atoms with Crippen LogP contribution in [-0.2, 0) is 25.7 Å². The number of likely N-dealkylation sites (tertiary alicyclic amines) is 1.